The number of hydrogen-bond acceptors (Lipinski definition) is 3. The zero-order valence-corrected chi connectivity index (χ0v) is 9.39. The first-order valence-electron chi connectivity index (χ1n) is 5.94. The molecule has 0 unspecified atom stereocenters. The average molecular weight is 227 g/mol. The second kappa shape index (κ2) is 3.26. The van der Waals surface area contributed by atoms with E-state index < -0.39 is 0 Å². The van der Waals surface area contributed by atoms with Gasteiger partial charge >= 0.3 is 0 Å². The zero-order valence-electron chi connectivity index (χ0n) is 9.39. The lowest BCUT2D eigenvalue weighted by Crippen LogP contribution is -2.40. The number of benzene rings is 1. The van der Waals surface area contributed by atoms with Crippen molar-refractivity contribution >= 4 is 16.7 Å². The maximum atomic E-state index is 6.03. The van der Waals surface area contributed by atoms with Crippen LogP contribution in [0, 0.1) is 0 Å². The Labute approximate surface area is 98.9 Å². The number of rotatable bonds is 1. The van der Waals surface area contributed by atoms with E-state index in [4.69, 9.17) is 4.74 Å². The zero-order chi connectivity index (χ0) is 11.2. The highest BCUT2D eigenvalue weighted by Crippen LogP contribution is 2.31. The quantitative estimate of drug-likeness (QED) is 0.799. The molecule has 1 aromatic heterocycles. The molecule has 2 aliphatic rings. The molecule has 17 heavy (non-hydrogen) atoms. The fourth-order valence-corrected chi connectivity index (χ4v) is 2.62. The maximum absolute atomic E-state index is 6.03. The van der Waals surface area contributed by atoms with Gasteiger partial charge in [-0.1, -0.05) is 12.1 Å². The Morgan fingerprint density at radius 3 is 3.24 bits per heavy atom. The van der Waals surface area contributed by atoms with Gasteiger partial charge in [0, 0.05) is 18.1 Å². The van der Waals surface area contributed by atoms with Crippen molar-refractivity contribution in [1.82, 2.24) is 9.88 Å². The summed E-state index contributed by atoms with van der Waals surface area (Å²) in [5.74, 6) is 1.95. The summed E-state index contributed by atoms with van der Waals surface area (Å²) in [5, 5.41) is 4.53. The molecule has 4 nitrogen and oxygen atoms in total. The van der Waals surface area contributed by atoms with E-state index in [2.05, 4.69) is 33.2 Å². The average Bonchev–Trinajstić information content (AvgIpc) is 2.99. The van der Waals surface area contributed by atoms with Gasteiger partial charge in [-0.3, -0.25) is 4.99 Å². The number of amidine groups is 1. The maximum Gasteiger partial charge on any atom is 0.173 e. The van der Waals surface area contributed by atoms with Crippen molar-refractivity contribution < 1.29 is 4.74 Å². The summed E-state index contributed by atoms with van der Waals surface area (Å²) in [5.41, 5.74) is 1.20. The molecule has 0 aliphatic carbocycles. The molecule has 0 fully saturated rings. The van der Waals surface area contributed by atoms with E-state index in [1.165, 1.54) is 10.9 Å². The summed E-state index contributed by atoms with van der Waals surface area (Å²) in [6.45, 7) is 2.63. The Morgan fingerprint density at radius 1 is 1.35 bits per heavy atom. The molecule has 0 saturated carbocycles. The molecular formula is C13H13N3O. The van der Waals surface area contributed by atoms with Gasteiger partial charge in [-0.2, -0.15) is 0 Å². The largest absolute Gasteiger partial charge is 0.478 e. The van der Waals surface area contributed by atoms with Gasteiger partial charge in [0.25, 0.3) is 0 Å². The summed E-state index contributed by atoms with van der Waals surface area (Å²) in [6, 6.07) is 8.31. The van der Waals surface area contributed by atoms with Crippen LogP contribution in [0.4, 0.5) is 0 Å². The molecule has 1 N–H and O–H groups in total. The van der Waals surface area contributed by atoms with Crippen molar-refractivity contribution in [1.29, 1.82) is 0 Å². The first-order valence-corrected chi connectivity index (χ1v) is 5.94. The molecule has 1 atom stereocenters. The highest BCUT2D eigenvalue weighted by atomic mass is 16.5. The molecule has 2 aliphatic heterocycles. The van der Waals surface area contributed by atoms with E-state index in [-0.39, 0.29) is 6.10 Å². The molecule has 4 heteroatoms. The molecule has 3 heterocycles. The monoisotopic (exact) mass is 227 g/mol. The van der Waals surface area contributed by atoms with Crippen LogP contribution in [0.15, 0.2) is 35.5 Å². The summed E-state index contributed by atoms with van der Waals surface area (Å²) in [4.78, 5) is 4.45. The van der Waals surface area contributed by atoms with Crippen LogP contribution in [0.1, 0.15) is 0 Å². The van der Waals surface area contributed by atoms with Crippen molar-refractivity contribution in [3.8, 4) is 5.75 Å². The van der Waals surface area contributed by atoms with E-state index in [0.29, 0.717) is 0 Å². The number of aromatic nitrogens is 1. The fraction of sp³-hybridized carbons (Fsp3) is 0.308. The summed E-state index contributed by atoms with van der Waals surface area (Å²) < 4.78 is 8.28. The number of aliphatic imine (C=N–C) groups is 1. The number of hydrogen-bond donors (Lipinski definition) is 1. The molecule has 0 spiro atoms. The Bertz CT molecular complexity index is 614. The molecule has 0 bridgehead atoms. The van der Waals surface area contributed by atoms with E-state index in [1.54, 1.807) is 0 Å². The minimum absolute atomic E-state index is 0.0306. The first-order chi connectivity index (χ1) is 8.42. The molecule has 0 amide bonds. The van der Waals surface area contributed by atoms with Gasteiger partial charge in [0.2, 0.25) is 0 Å². The fourth-order valence-electron chi connectivity index (χ4n) is 2.62. The molecule has 4 rings (SSSR count). The molecule has 0 saturated heterocycles. The molecule has 0 radical (unpaired) electrons. The van der Waals surface area contributed by atoms with Crippen LogP contribution in [0.25, 0.3) is 10.9 Å². The first kappa shape index (κ1) is 9.10. The van der Waals surface area contributed by atoms with Crippen molar-refractivity contribution in [2.45, 2.75) is 12.6 Å². The molecule has 86 valence electrons. The second-order valence-electron chi connectivity index (χ2n) is 4.46. The summed E-state index contributed by atoms with van der Waals surface area (Å²) >= 11 is 0. The van der Waals surface area contributed by atoms with E-state index in [9.17, 15) is 0 Å². The van der Waals surface area contributed by atoms with Crippen LogP contribution in [0.3, 0.4) is 0 Å². The standard InChI is InChI=1S/C13H13N3O/c1-2-9-4-7-16-8-11(13-14-5-6-15-13)17-10(3-1)12(9)16/h1-4,7,11H,5-6,8H2,(H,14,15)/t11-/m1/s1. The van der Waals surface area contributed by atoms with Gasteiger partial charge in [0.05, 0.1) is 18.6 Å². The summed E-state index contributed by atoms with van der Waals surface area (Å²) in [7, 11) is 0. The SMILES string of the molecule is c1cc2c3c(c1)ccn3C[C@H](C1=NCCN1)O2. The minimum Gasteiger partial charge on any atom is -0.478 e. The second-order valence-corrected chi connectivity index (χ2v) is 4.46. The summed E-state index contributed by atoms with van der Waals surface area (Å²) in [6.07, 6.45) is 2.15. The van der Waals surface area contributed by atoms with Gasteiger partial charge < -0.3 is 14.6 Å². The predicted octanol–water partition coefficient (Wildman–Crippen LogP) is 1.40. The smallest absolute Gasteiger partial charge is 0.173 e. The van der Waals surface area contributed by atoms with Gasteiger partial charge in [-0.05, 0) is 12.1 Å². The highest BCUT2D eigenvalue weighted by molar-refractivity contribution is 5.91. The van der Waals surface area contributed by atoms with Gasteiger partial charge in [0.1, 0.15) is 11.6 Å². The molecular weight excluding hydrogens is 214 g/mol. The van der Waals surface area contributed by atoms with E-state index in [1.807, 2.05) is 12.1 Å². The highest BCUT2D eigenvalue weighted by Gasteiger charge is 2.26. The number of nitrogens with zero attached hydrogens (tertiary/aromatic N) is 2. The van der Waals surface area contributed by atoms with E-state index in [0.717, 1.165) is 31.2 Å². The lowest BCUT2D eigenvalue weighted by molar-refractivity contribution is 0.231. The van der Waals surface area contributed by atoms with Crippen molar-refractivity contribution in [2.75, 3.05) is 13.1 Å². The Hall–Kier alpha value is -1.97. The molecule has 2 aromatic rings. The van der Waals surface area contributed by atoms with Crippen LogP contribution < -0.4 is 10.1 Å². The minimum atomic E-state index is 0.0306. The lowest BCUT2D eigenvalue weighted by atomic mass is 10.2. The van der Waals surface area contributed by atoms with Gasteiger partial charge in [-0.25, -0.2) is 0 Å². The molecule has 1 aromatic carbocycles. The number of ether oxygens (including phenoxy) is 1. The van der Waals surface area contributed by atoms with Crippen molar-refractivity contribution in [2.24, 2.45) is 4.99 Å². The topological polar surface area (TPSA) is 38.5 Å². The van der Waals surface area contributed by atoms with Crippen LogP contribution in [0.5, 0.6) is 5.75 Å². The number of nitrogens with one attached hydrogen (secondary N) is 1. The Morgan fingerprint density at radius 2 is 2.35 bits per heavy atom. The van der Waals surface area contributed by atoms with Gasteiger partial charge in [0.15, 0.2) is 6.10 Å². The Kier molecular flexibility index (Phi) is 1.75. The van der Waals surface area contributed by atoms with Crippen LogP contribution in [-0.2, 0) is 6.54 Å². The van der Waals surface area contributed by atoms with Crippen molar-refractivity contribution in [3.63, 3.8) is 0 Å². The van der Waals surface area contributed by atoms with E-state index >= 15 is 0 Å². The van der Waals surface area contributed by atoms with Gasteiger partial charge in [-0.15, -0.1) is 0 Å². The Balaban J connectivity index is 1.80. The third-order valence-corrected chi connectivity index (χ3v) is 3.39. The predicted molar refractivity (Wildman–Crippen MR) is 66.7 cm³/mol. The van der Waals surface area contributed by atoms with Crippen LogP contribution >= 0.6 is 0 Å². The lowest BCUT2D eigenvalue weighted by Gasteiger charge is -2.26. The van der Waals surface area contributed by atoms with Crippen LogP contribution in [-0.4, -0.2) is 29.6 Å². The third-order valence-electron chi connectivity index (χ3n) is 3.39. The van der Waals surface area contributed by atoms with Crippen LogP contribution in [0.2, 0.25) is 0 Å². The normalized spacial score (nSPS) is 22.1. The number of para-hydroxylation sites is 1. The third kappa shape index (κ3) is 1.27. The van der Waals surface area contributed by atoms with Crippen molar-refractivity contribution in [3.05, 3.63) is 30.5 Å².